The number of likely N-dealkylation sites (tertiary alicyclic amines) is 1. The molecular weight excluding hydrogens is 242 g/mol. The second kappa shape index (κ2) is 5.51. The minimum absolute atomic E-state index is 0.0564. The highest BCUT2D eigenvalue weighted by atomic mass is 16.6. The van der Waals surface area contributed by atoms with Crippen molar-refractivity contribution in [2.75, 3.05) is 6.54 Å². The summed E-state index contributed by atoms with van der Waals surface area (Å²) in [6, 6.07) is -0.394. The summed E-state index contributed by atoms with van der Waals surface area (Å²) in [6.45, 7) is 12.3. The molecule has 1 rings (SSSR count). The molecule has 19 heavy (non-hydrogen) atoms. The van der Waals surface area contributed by atoms with Crippen molar-refractivity contribution >= 4 is 11.9 Å². The van der Waals surface area contributed by atoms with Crippen LogP contribution in [0.15, 0.2) is 0 Å². The van der Waals surface area contributed by atoms with Gasteiger partial charge in [-0.2, -0.15) is 0 Å². The zero-order valence-corrected chi connectivity index (χ0v) is 13.1. The van der Waals surface area contributed by atoms with Crippen molar-refractivity contribution in [3.63, 3.8) is 0 Å². The van der Waals surface area contributed by atoms with Crippen molar-refractivity contribution in [2.24, 2.45) is 5.41 Å². The molecule has 1 heterocycles. The first-order valence-electron chi connectivity index (χ1n) is 7.02. The van der Waals surface area contributed by atoms with E-state index in [1.165, 1.54) is 0 Å². The standard InChI is InChI=1S/C15H27NO3/c1-14(2,3)10-12(17)16-9-7-8-11(16)13(18)19-15(4,5)6/h11H,7-10H2,1-6H3/t11-/m0/s1. The quantitative estimate of drug-likeness (QED) is 0.724. The van der Waals surface area contributed by atoms with Crippen molar-refractivity contribution < 1.29 is 14.3 Å². The number of rotatable bonds is 2. The van der Waals surface area contributed by atoms with E-state index in [-0.39, 0.29) is 17.3 Å². The highest BCUT2D eigenvalue weighted by Crippen LogP contribution is 2.26. The fourth-order valence-electron chi connectivity index (χ4n) is 2.24. The van der Waals surface area contributed by atoms with E-state index < -0.39 is 11.6 Å². The summed E-state index contributed by atoms with van der Waals surface area (Å²) in [5, 5.41) is 0. The Morgan fingerprint density at radius 1 is 1.16 bits per heavy atom. The molecular formula is C15H27NO3. The van der Waals surface area contributed by atoms with Crippen LogP contribution in [0.3, 0.4) is 0 Å². The summed E-state index contributed by atoms with van der Waals surface area (Å²) in [5.41, 5.74) is -0.559. The average Bonchev–Trinajstić information content (AvgIpc) is 2.59. The van der Waals surface area contributed by atoms with Gasteiger partial charge in [0.15, 0.2) is 0 Å². The van der Waals surface area contributed by atoms with Crippen LogP contribution in [0.25, 0.3) is 0 Å². The van der Waals surface area contributed by atoms with E-state index in [0.29, 0.717) is 19.4 Å². The molecule has 1 aliphatic heterocycles. The lowest BCUT2D eigenvalue weighted by Gasteiger charge is -2.29. The van der Waals surface area contributed by atoms with Crippen molar-refractivity contribution in [3.05, 3.63) is 0 Å². The van der Waals surface area contributed by atoms with Gasteiger partial charge in [0.25, 0.3) is 0 Å². The van der Waals surface area contributed by atoms with Gasteiger partial charge in [-0.3, -0.25) is 4.79 Å². The lowest BCUT2D eigenvalue weighted by atomic mass is 9.91. The molecule has 0 aromatic carbocycles. The molecule has 1 aliphatic rings. The second-order valence-electron chi connectivity index (χ2n) is 7.52. The lowest BCUT2D eigenvalue weighted by molar-refractivity contribution is -0.163. The molecule has 0 radical (unpaired) electrons. The maximum Gasteiger partial charge on any atom is 0.329 e. The Morgan fingerprint density at radius 2 is 1.74 bits per heavy atom. The van der Waals surface area contributed by atoms with E-state index >= 15 is 0 Å². The van der Waals surface area contributed by atoms with E-state index in [9.17, 15) is 9.59 Å². The molecule has 0 spiro atoms. The largest absolute Gasteiger partial charge is 0.458 e. The van der Waals surface area contributed by atoms with Gasteiger partial charge in [0, 0.05) is 13.0 Å². The number of carbonyl (C=O) groups is 2. The minimum atomic E-state index is -0.502. The van der Waals surface area contributed by atoms with E-state index in [4.69, 9.17) is 4.74 Å². The third kappa shape index (κ3) is 5.21. The molecule has 1 saturated heterocycles. The number of hydrogen-bond acceptors (Lipinski definition) is 3. The number of amides is 1. The summed E-state index contributed by atoms with van der Waals surface area (Å²) in [4.78, 5) is 26.1. The van der Waals surface area contributed by atoms with Gasteiger partial charge in [0.1, 0.15) is 11.6 Å². The van der Waals surface area contributed by atoms with Gasteiger partial charge in [0.2, 0.25) is 5.91 Å². The third-order valence-electron chi connectivity index (χ3n) is 2.93. The molecule has 0 N–H and O–H groups in total. The summed E-state index contributed by atoms with van der Waals surface area (Å²) in [7, 11) is 0. The maximum absolute atomic E-state index is 12.3. The molecule has 1 fully saturated rings. The molecule has 0 bridgehead atoms. The lowest BCUT2D eigenvalue weighted by Crippen LogP contribution is -2.44. The monoisotopic (exact) mass is 269 g/mol. The Balaban J connectivity index is 2.69. The Morgan fingerprint density at radius 3 is 2.21 bits per heavy atom. The Bertz CT molecular complexity index is 315. The Hall–Kier alpha value is -1.06. The van der Waals surface area contributed by atoms with Crippen LogP contribution < -0.4 is 0 Å². The van der Waals surface area contributed by atoms with Crippen LogP contribution in [0.2, 0.25) is 0 Å². The van der Waals surface area contributed by atoms with Crippen LogP contribution in [-0.2, 0) is 14.3 Å². The minimum Gasteiger partial charge on any atom is -0.458 e. The molecule has 1 amide bonds. The first-order chi connectivity index (χ1) is 8.49. The van der Waals surface area contributed by atoms with E-state index in [2.05, 4.69) is 0 Å². The fraction of sp³-hybridized carbons (Fsp3) is 0.867. The SMILES string of the molecule is CC(C)(C)CC(=O)N1CCC[C@H]1C(=O)OC(C)(C)C. The van der Waals surface area contributed by atoms with Gasteiger partial charge in [-0.25, -0.2) is 4.79 Å². The topological polar surface area (TPSA) is 46.6 Å². The van der Waals surface area contributed by atoms with E-state index in [1.807, 2.05) is 41.5 Å². The van der Waals surface area contributed by atoms with Gasteiger partial charge in [-0.15, -0.1) is 0 Å². The van der Waals surface area contributed by atoms with Gasteiger partial charge in [-0.1, -0.05) is 20.8 Å². The van der Waals surface area contributed by atoms with Gasteiger partial charge >= 0.3 is 5.97 Å². The van der Waals surface area contributed by atoms with Crippen LogP contribution in [0.5, 0.6) is 0 Å². The zero-order chi connectivity index (χ0) is 14.8. The molecule has 1 atom stereocenters. The molecule has 110 valence electrons. The van der Waals surface area contributed by atoms with E-state index in [1.54, 1.807) is 4.90 Å². The predicted octanol–water partition coefficient (Wildman–Crippen LogP) is 2.76. The molecule has 4 nitrogen and oxygen atoms in total. The number of ether oxygens (including phenoxy) is 1. The second-order valence-corrected chi connectivity index (χ2v) is 7.52. The van der Waals surface area contributed by atoms with Gasteiger partial charge < -0.3 is 9.64 Å². The summed E-state index contributed by atoms with van der Waals surface area (Å²) >= 11 is 0. The fourth-order valence-corrected chi connectivity index (χ4v) is 2.24. The van der Waals surface area contributed by atoms with Crippen LogP contribution in [0.1, 0.15) is 60.8 Å². The predicted molar refractivity (Wildman–Crippen MR) is 74.7 cm³/mol. The molecule has 0 aliphatic carbocycles. The Kier molecular flexibility index (Phi) is 4.64. The number of esters is 1. The summed E-state index contributed by atoms with van der Waals surface area (Å²) < 4.78 is 5.40. The normalized spacial score (nSPS) is 20.5. The molecule has 0 unspecified atom stereocenters. The smallest absolute Gasteiger partial charge is 0.329 e. The number of hydrogen-bond donors (Lipinski definition) is 0. The van der Waals surface area contributed by atoms with Gasteiger partial charge in [-0.05, 0) is 39.0 Å². The maximum atomic E-state index is 12.3. The molecule has 0 aromatic rings. The van der Waals surface area contributed by atoms with Crippen molar-refractivity contribution in [1.82, 2.24) is 4.90 Å². The van der Waals surface area contributed by atoms with Crippen LogP contribution in [-0.4, -0.2) is 35.0 Å². The van der Waals surface area contributed by atoms with Crippen molar-refractivity contribution in [1.29, 1.82) is 0 Å². The van der Waals surface area contributed by atoms with Gasteiger partial charge in [0.05, 0.1) is 0 Å². The van der Waals surface area contributed by atoms with Crippen molar-refractivity contribution in [3.8, 4) is 0 Å². The van der Waals surface area contributed by atoms with Crippen LogP contribution in [0, 0.1) is 5.41 Å². The van der Waals surface area contributed by atoms with Crippen LogP contribution >= 0.6 is 0 Å². The zero-order valence-electron chi connectivity index (χ0n) is 13.1. The third-order valence-corrected chi connectivity index (χ3v) is 2.93. The van der Waals surface area contributed by atoms with Crippen LogP contribution in [0.4, 0.5) is 0 Å². The average molecular weight is 269 g/mol. The number of carbonyl (C=O) groups excluding carboxylic acids is 2. The summed E-state index contributed by atoms with van der Waals surface area (Å²) in [6.07, 6.45) is 2.05. The highest BCUT2D eigenvalue weighted by molar-refractivity contribution is 5.85. The molecule has 0 aromatic heterocycles. The Labute approximate surface area is 116 Å². The number of nitrogens with zero attached hydrogens (tertiary/aromatic N) is 1. The van der Waals surface area contributed by atoms with Crippen molar-refractivity contribution in [2.45, 2.75) is 72.4 Å². The van der Waals surface area contributed by atoms with E-state index in [0.717, 1.165) is 6.42 Å². The molecule has 4 heteroatoms. The summed E-state index contributed by atoms with van der Waals surface area (Å²) in [5.74, 6) is -0.215. The first kappa shape index (κ1) is 16.0. The molecule has 0 saturated carbocycles. The first-order valence-corrected chi connectivity index (χ1v) is 7.02. The highest BCUT2D eigenvalue weighted by Gasteiger charge is 2.37.